The number of hydrogen-bond acceptors (Lipinski definition) is 5. The van der Waals surface area contributed by atoms with Crippen LogP contribution >= 0.6 is 0 Å². The largest absolute Gasteiger partial charge is 0.444 e. The van der Waals surface area contributed by atoms with Crippen LogP contribution in [0.15, 0.2) is 18.3 Å². The van der Waals surface area contributed by atoms with Gasteiger partial charge in [-0.05, 0) is 58.6 Å². The summed E-state index contributed by atoms with van der Waals surface area (Å²) in [5, 5.41) is 8.83. The van der Waals surface area contributed by atoms with Crippen molar-refractivity contribution in [3.05, 3.63) is 29.6 Å². The van der Waals surface area contributed by atoms with Gasteiger partial charge in [-0.2, -0.15) is 5.26 Å². The summed E-state index contributed by atoms with van der Waals surface area (Å²) in [5.41, 5.74) is 0.320. The lowest BCUT2D eigenvalue weighted by Crippen LogP contribution is -2.49. The van der Waals surface area contributed by atoms with Gasteiger partial charge in [-0.1, -0.05) is 0 Å². The predicted molar refractivity (Wildman–Crippen MR) is 90.9 cm³/mol. The summed E-state index contributed by atoms with van der Waals surface area (Å²) in [7, 11) is 0. The third-order valence-corrected chi connectivity index (χ3v) is 4.85. The fourth-order valence-corrected chi connectivity index (χ4v) is 3.82. The Morgan fingerprint density at radius 1 is 1.24 bits per heavy atom. The summed E-state index contributed by atoms with van der Waals surface area (Å²) < 4.78 is 5.52. The maximum Gasteiger partial charge on any atom is 0.410 e. The summed E-state index contributed by atoms with van der Waals surface area (Å²) in [6.45, 7) is 5.58. The van der Waals surface area contributed by atoms with Crippen LogP contribution in [-0.2, 0) is 4.74 Å². The van der Waals surface area contributed by atoms with E-state index in [4.69, 9.17) is 10.00 Å². The number of nitrogens with zero attached hydrogens (tertiary/aromatic N) is 3. The lowest BCUT2D eigenvalue weighted by Gasteiger charge is -2.38. The topological polar surface area (TPSA) is 83.3 Å². The molecule has 25 heavy (non-hydrogen) atoms. The lowest BCUT2D eigenvalue weighted by molar-refractivity contribution is 0.00251. The van der Waals surface area contributed by atoms with E-state index in [2.05, 4.69) is 4.98 Å². The third kappa shape index (κ3) is 3.65. The van der Waals surface area contributed by atoms with Crippen LogP contribution in [0.4, 0.5) is 4.79 Å². The van der Waals surface area contributed by atoms with Gasteiger partial charge in [0.15, 0.2) is 5.78 Å². The molecule has 1 aromatic rings. The van der Waals surface area contributed by atoms with Gasteiger partial charge in [-0.3, -0.25) is 9.78 Å². The number of ether oxygens (including phenoxy) is 1. The first kappa shape index (κ1) is 17.4. The fraction of sp³-hybridized carbons (Fsp3) is 0.579. The highest BCUT2D eigenvalue weighted by atomic mass is 16.6. The molecule has 2 bridgehead atoms. The van der Waals surface area contributed by atoms with Gasteiger partial charge >= 0.3 is 6.09 Å². The zero-order valence-electron chi connectivity index (χ0n) is 14.9. The van der Waals surface area contributed by atoms with E-state index in [0.717, 1.165) is 12.8 Å². The maximum atomic E-state index is 12.7. The van der Waals surface area contributed by atoms with Crippen LogP contribution in [0.25, 0.3) is 0 Å². The molecule has 0 radical (unpaired) electrons. The number of amides is 1. The standard InChI is InChI=1S/C19H23N3O3/c1-19(2,3)25-18(24)22-14-5-6-15(22)9-13(8-14)17(23)16-7-4-12(10-20)11-21-16/h4,7,11,13-15H,5-6,8-9H2,1-3H3. The molecule has 0 aliphatic carbocycles. The Balaban J connectivity index is 1.70. The van der Waals surface area contributed by atoms with Crippen molar-refractivity contribution in [3.63, 3.8) is 0 Å². The summed E-state index contributed by atoms with van der Waals surface area (Å²) in [6, 6.07) is 5.34. The second kappa shape index (κ2) is 6.47. The molecular formula is C19H23N3O3. The molecular weight excluding hydrogens is 318 g/mol. The number of carbonyl (C=O) groups is 2. The highest BCUT2D eigenvalue weighted by Gasteiger charge is 2.46. The van der Waals surface area contributed by atoms with Crippen molar-refractivity contribution < 1.29 is 14.3 Å². The van der Waals surface area contributed by atoms with E-state index in [1.54, 1.807) is 12.1 Å². The summed E-state index contributed by atoms with van der Waals surface area (Å²) in [6.07, 6.45) is 4.27. The number of carbonyl (C=O) groups excluding carboxylic acids is 2. The number of hydrogen-bond donors (Lipinski definition) is 0. The molecule has 132 valence electrons. The van der Waals surface area contributed by atoms with Crippen molar-refractivity contribution in [2.24, 2.45) is 5.92 Å². The number of aromatic nitrogens is 1. The minimum absolute atomic E-state index is 0.00484. The Bertz CT molecular complexity index is 701. The Morgan fingerprint density at radius 2 is 1.88 bits per heavy atom. The van der Waals surface area contributed by atoms with E-state index in [9.17, 15) is 9.59 Å². The zero-order chi connectivity index (χ0) is 18.2. The number of ketones is 1. The van der Waals surface area contributed by atoms with E-state index < -0.39 is 5.60 Å². The minimum atomic E-state index is -0.518. The zero-order valence-corrected chi connectivity index (χ0v) is 14.9. The molecule has 6 heteroatoms. The van der Waals surface area contributed by atoms with Crippen molar-refractivity contribution >= 4 is 11.9 Å². The summed E-state index contributed by atoms with van der Waals surface area (Å²) in [5.74, 6) is -0.123. The highest BCUT2D eigenvalue weighted by Crippen LogP contribution is 2.40. The molecule has 2 unspecified atom stereocenters. The molecule has 2 saturated heterocycles. The summed E-state index contributed by atoms with van der Waals surface area (Å²) in [4.78, 5) is 31.2. The van der Waals surface area contributed by atoms with Gasteiger partial charge in [0.25, 0.3) is 0 Å². The fourth-order valence-electron chi connectivity index (χ4n) is 3.82. The van der Waals surface area contributed by atoms with E-state index in [-0.39, 0.29) is 29.9 Å². The molecule has 3 rings (SSSR count). The van der Waals surface area contributed by atoms with Gasteiger partial charge in [0.05, 0.1) is 5.56 Å². The Morgan fingerprint density at radius 3 is 2.36 bits per heavy atom. The van der Waals surface area contributed by atoms with Crippen LogP contribution in [0.2, 0.25) is 0 Å². The minimum Gasteiger partial charge on any atom is -0.444 e. The molecule has 0 N–H and O–H groups in total. The Labute approximate surface area is 147 Å². The maximum absolute atomic E-state index is 12.7. The van der Waals surface area contributed by atoms with Crippen LogP contribution in [0.5, 0.6) is 0 Å². The molecule has 2 aliphatic heterocycles. The average Bonchev–Trinajstić information content (AvgIpc) is 2.83. The van der Waals surface area contributed by atoms with Crippen LogP contribution in [0.1, 0.15) is 62.5 Å². The second-order valence-corrected chi connectivity index (χ2v) is 7.85. The lowest BCUT2D eigenvalue weighted by atomic mass is 9.86. The first-order valence-corrected chi connectivity index (χ1v) is 8.70. The Kier molecular flexibility index (Phi) is 4.51. The quantitative estimate of drug-likeness (QED) is 0.771. The van der Waals surface area contributed by atoms with Crippen molar-refractivity contribution in [1.82, 2.24) is 9.88 Å². The van der Waals surface area contributed by atoms with Crippen LogP contribution in [-0.4, -0.2) is 39.4 Å². The van der Waals surface area contributed by atoms with Crippen molar-refractivity contribution in [2.45, 2.75) is 64.1 Å². The van der Waals surface area contributed by atoms with Gasteiger partial charge in [-0.15, -0.1) is 0 Å². The molecule has 1 aromatic heterocycles. The molecule has 2 fully saturated rings. The normalized spacial score (nSPS) is 25.4. The first-order chi connectivity index (χ1) is 11.8. The molecule has 2 aliphatic rings. The van der Waals surface area contributed by atoms with Gasteiger partial charge < -0.3 is 9.64 Å². The molecule has 6 nitrogen and oxygen atoms in total. The van der Waals surface area contributed by atoms with Crippen LogP contribution in [0, 0.1) is 17.2 Å². The molecule has 0 spiro atoms. The molecule has 3 heterocycles. The predicted octanol–water partition coefficient (Wildman–Crippen LogP) is 3.31. The number of fused-ring (bicyclic) bond motifs is 2. The van der Waals surface area contributed by atoms with Gasteiger partial charge in [0.1, 0.15) is 17.4 Å². The summed E-state index contributed by atoms with van der Waals surface area (Å²) >= 11 is 0. The van der Waals surface area contributed by atoms with E-state index in [1.165, 1.54) is 6.20 Å². The molecule has 0 aromatic carbocycles. The number of piperidine rings is 1. The van der Waals surface area contributed by atoms with E-state index in [0.29, 0.717) is 24.1 Å². The van der Waals surface area contributed by atoms with Crippen LogP contribution < -0.4 is 0 Å². The second-order valence-electron chi connectivity index (χ2n) is 7.85. The number of pyridine rings is 1. The van der Waals surface area contributed by atoms with E-state index in [1.807, 2.05) is 31.7 Å². The first-order valence-electron chi connectivity index (χ1n) is 8.70. The van der Waals surface area contributed by atoms with Gasteiger partial charge in [0, 0.05) is 24.2 Å². The van der Waals surface area contributed by atoms with Crippen molar-refractivity contribution in [3.8, 4) is 6.07 Å². The van der Waals surface area contributed by atoms with Crippen molar-refractivity contribution in [2.75, 3.05) is 0 Å². The Hall–Kier alpha value is -2.42. The van der Waals surface area contributed by atoms with E-state index >= 15 is 0 Å². The van der Waals surface area contributed by atoms with Crippen molar-refractivity contribution in [1.29, 1.82) is 5.26 Å². The number of nitriles is 1. The molecule has 2 atom stereocenters. The highest BCUT2D eigenvalue weighted by molar-refractivity contribution is 5.96. The monoisotopic (exact) mass is 341 g/mol. The number of Topliss-reactive ketones (excluding diaryl/α,β-unsaturated/α-hetero) is 1. The molecule has 0 saturated carbocycles. The van der Waals surface area contributed by atoms with Crippen LogP contribution in [0.3, 0.4) is 0 Å². The molecule has 1 amide bonds. The third-order valence-electron chi connectivity index (χ3n) is 4.85. The average molecular weight is 341 g/mol. The number of rotatable bonds is 2. The smallest absolute Gasteiger partial charge is 0.410 e. The SMILES string of the molecule is CC(C)(C)OC(=O)N1C2CCC1CC(C(=O)c1ccc(C#N)cn1)C2. The van der Waals surface area contributed by atoms with Gasteiger partial charge in [-0.25, -0.2) is 4.79 Å². The van der Waals surface area contributed by atoms with Gasteiger partial charge in [0.2, 0.25) is 0 Å².